The van der Waals surface area contributed by atoms with Crippen molar-refractivity contribution in [2.75, 3.05) is 0 Å². The summed E-state index contributed by atoms with van der Waals surface area (Å²) in [5.74, 6) is 0.473. The van der Waals surface area contributed by atoms with E-state index in [0.717, 1.165) is 38.6 Å². The molecule has 5 heteroatoms. The average molecular weight is 476 g/mol. The first kappa shape index (κ1) is 22.2. The van der Waals surface area contributed by atoms with Gasteiger partial charge < -0.3 is 4.57 Å². The molecule has 6 aromatic rings. The van der Waals surface area contributed by atoms with Crippen LogP contribution in [0.4, 0.5) is 0 Å². The van der Waals surface area contributed by atoms with E-state index in [1.165, 1.54) is 29.1 Å². The van der Waals surface area contributed by atoms with Crippen LogP contribution in [0.3, 0.4) is 0 Å². The number of nitriles is 2. The first-order valence-corrected chi connectivity index (χ1v) is 11.9. The first-order chi connectivity index (χ1) is 18.1. The van der Waals surface area contributed by atoms with Crippen molar-refractivity contribution in [2.45, 2.75) is 13.8 Å². The second-order valence-corrected chi connectivity index (χ2v) is 9.21. The molecule has 0 bridgehead atoms. The van der Waals surface area contributed by atoms with Gasteiger partial charge in [-0.25, -0.2) is 9.97 Å². The molecule has 4 aromatic carbocycles. The number of nitrogens with zero attached hydrogens (tertiary/aromatic N) is 5. The maximum atomic E-state index is 10.2. The maximum Gasteiger partial charge on any atom is 0.159 e. The van der Waals surface area contributed by atoms with E-state index in [1.54, 1.807) is 0 Å². The molecule has 0 fully saturated rings. The highest BCUT2D eigenvalue weighted by Crippen LogP contribution is 2.36. The van der Waals surface area contributed by atoms with Crippen molar-refractivity contribution < 1.29 is 0 Å². The van der Waals surface area contributed by atoms with Gasteiger partial charge in [-0.1, -0.05) is 59.7 Å². The van der Waals surface area contributed by atoms with Crippen molar-refractivity contribution in [1.82, 2.24) is 14.5 Å². The Morgan fingerprint density at radius 2 is 1.35 bits per heavy atom. The van der Waals surface area contributed by atoms with Crippen LogP contribution in [0.25, 0.3) is 50.0 Å². The van der Waals surface area contributed by atoms with Gasteiger partial charge in [-0.2, -0.15) is 10.5 Å². The van der Waals surface area contributed by atoms with Gasteiger partial charge in [0.2, 0.25) is 0 Å². The van der Waals surface area contributed by atoms with Gasteiger partial charge in [0, 0.05) is 28.7 Å². The van der Waals surface area contributed by atoms with Gasteiger partial charge in [-0.3, -0.25) is 0 Å². The minimum Gasteiger partial charge on any atom is -0.308 e. The predicted molar refractivity (Wildman–Crippen MR) is 146 cm³/mol. The molecule has 0 N–H and O–H groups in total. The van der Waals surface area contributed by atoms with E-state index in [1.807, 2.05) is 36.4 Å². The van der Waals surface area contributed by atoms with Crippen molar-refractivity contribution in [3.05, 3.63) is 114 Å². The zero-order chi connectivity index (χ0) is 25.5. The monoisotopic (exact) mass is 475 g/mol. The smallest absolute Gasteiger partial charge is 0.159 e. The maximum absolute atomic E-state index is 10.2. The van der Waals surface area contributed by atoms with E-state index in [2.05, 4.69) is 83.0 Å². The summed E-state index contributed by atoms with van der Waals surface area (Å²) in [5, 5.41) is 21.5. The number of aryl methyl sites for hydroxylation is 2. The van der Waals surface area contributed by atoms with Crippen LogP contribution < -0.4 is 0 Å². The third kappa shape index (κ3) is 3.80. The Morgan fingerprint density at radius 3 is 2.08 bits per heavy atom. The quantitative estimate of drug-likeness (QED) is 0.270. The van der Waals surface area contributed by atoms with Crippen LogP contribution >= 0.6 is 0 Å². The lowest BCUT2D eigenvalue weighted by atomic mass is 9.99. The van der Waals surface area contributed by atoms with E-state index in [9.17, 15) is 5.26 Å². The van der Waals surface area contributed by atoms with E-state index < -0.39 is 0 Å². The number of benzene rings is 4. The molecule has 0 amide bonds. The summed E-state index contributed by atoms with van der Waals surface area (Å²) in [6, 6.07) is 31.5. The molecule has 0 aliphatic heterocycles. The van der Waals surface area contributed by atoms with Crippen LogP contribution in [-0.4, -0.2) is 14.5 Å². The molecule has 5 nitrogen and oxygen atoms in total. The SMILES string of the molecule is Cc1cc(C)cc(-c2ccc3c4ccccc4n(-c4ccc(-c5ncc(C#N)cn5)cc4C#N)c3c2)c1. The molecule has 0 saturated carbocycles. The van der Waals surface area contributed by atoms with Crippen LogP contribution in [0.2, 0.25) is 0 Å². The lowest BCUT2D eigenvalue weighted by Gasteiger charge is -2.12. The number of fused-ring (bicyclic) bond motifs is 3. The van der Waals surface area contributed by atoms with Crippen LogP contribution in [0.5, 0.6) is 0 Å². The fourth-order valence-electron chi connectivity index (χ4n) is 5.05. The molecule has 0 unspecified atom stereocenters. The summed E-state index contributed by atoms with van der Waals surface area (Å²) >= 11 is 0. The van der Waals surface area contributed by atoms with Gasteiger partial charge in [0.1, 0.15) is 12.1 Å². The van der Waals surface area contributed by atoms with Crippen molar-refractivity contribution >= 4 is 21.8 Å². The lowest BCUT2D eigenvalue weighted by Crippen LogP contribution is -1.99. The van der Waals surface area contributed by atoms with Gasteiger partial charge >= 0.3 is 0 Å². The Labute approximate surface area is 214 Å². The first-order valence-electron chi connectivity index (χ1n) is 11.9. The number of rotatable bonds is 3. The highest BCUT2D eigenvalue weighted by atomic mass is 15.0. The minimum absolute atomic E-state index is 0.394. The number of aromatic nitrogens is 3. The zero-order valence-electron chi connectivity index (χ0n) is 20.4. The summed E-state index contributed by atoms with van der Waals surface area (Å²) in [6.07, 6.45) is 2.98. The summed E-state index contributed by atoms with van der Waals surface area (Å²) in [6.45, 7) is 4.23. The largest absolute Gasteiger partial charge is 0.308 e. The molecule has 174 valence electrons. The van der Waals surface area contributed by atoms with Crippen molar-refractivity contribution in [1.29, 1.82) is 10.5 Å². The van der Waals surface area contributed by atoms with Gasteiger partial charge in [-0.15, -0.1) is 0 Å². The standard InChI is InChI=1S/C32H21N5/c1-20-11-21(2)13-25(12-20)23-7-9-28-27-5-3-4-6-30(27)37(31(28)15-23)29-10-8-24(14-26(29)17-34)32-35-18-22(16-33)19-36-32/h3-15,18-19H,1-2H3. The zero-order valence-corrected chi connectivity index (χ0v) is 20.4. The third-order valence-electron chi connectivity index (χ3n) is 6.63. The van der Waals surface area contributed by atoms with Crippen LogP contribution in [0, 0.1) is 36.5 Å². The molecule has 0 aliphatic carbocycles. The van der Waals surface area contributed by atoms with Crippen LogP contribution in [0.1, 0.15) is 22.3 Å². The minimum atomic E-state index is 0.394. The Bertz CT molecular complexity index is 1890. The van der Waals surface area contributed by atoms with Crippen molar-refractivity contribution in [3.8, 4) is 40.3 Å². The normalized spacial score (nSPS) is 10.9. The molecular formula is C32H21N5. The number of hydrogen-bond donors (Lipinski definition) is 0. The Balaban J connectivity index is 1.59. The molecular weight excluding hydrogens is 454 g/mol. The summed E-state index contributed by atoms with van der Waals surface area (Å²) in [7, 11) is 0. The Morgan fingerprint density at radius 1 is 0.649 bits per heavy atom. The molecule has 0 spiro atoms. The second-order valence-electron chi connectivity index (χ2n) is 9.21. The van der Waals surface area contributed by atoms with Gasteiger partial charge in [0.15, 0.2) is 5.82 Å². The molecule has 0 atom stereocenters. The van der Waals surface area contributed by atoms with E-state index in [4.69, 9.17) is 5.26 Å². The summed E-state index contributed by atoms with van der Waals surface area (Å²) in [4.78, 5) is 8.59. The van der Waals surface area contributed by atoms with Crippen molar-refractivity contribution in [3.63, 3.8) is 0 Å². The predicted octanol–water partition coefficient (Wildman–Crippen LogP) is 7.27. The van der Waals surface area contributed by atoms with Gasteiger partial charge in [-0.05, 0) is 55.3 Å². The van der Waals surface area contributed by atoms with E-state index in [0.29, 0.717) is 17.0 Å². The highest BCUT2D eigenvalue weighted by molar-refractivity contribution is 6.10. The summed E-state index contributed by atoms with van der Waals surface area (Å²) in [5.41, 5.74) is 9.26. The fourth-order valence-corrected chi connectivity index (χ4v) is 5.05. The van der Waals surface area contributed by atoms with Crippen molar-refractivity contribution in [2.24, 2.45) is 0 Å². The average Bonchev–Trinajstić information content (AvgIpc) is 3.25. The van der Waals surface area contributed by atoms with Crippen LogP contribution in [-0.2, 0) is 0 Å². The molecule has 2 heterocycles. The van der Waals surface area contributed by atoms with E-state index in [-0.39, 0.29) is 0 Å². The lowest BCUT2D eigenvalue weighted by molar-refractivity contribution is 1.14. The number of hydrogen-bond acceptors (Lipinski definition) is 4. The molecule has 6 rings (SSSR count). The molecule has 0 aliphatic rings. The summed E-state index contributed by atoms with van der Waals surface area (Å²) < 4.78 is 2.17. The Hall–Kier alpha value is -5.26. The topological polar surface area (TPSA) is 78.3 Å². The second kappa shape index (κ2) is 8.75. The fraction of sp³-hybridized carbons (Fsp3) is 0.0625. The molecule has 0 radical (unpaired) electrons. The third-order valence-corrected chi connectivity index (χ3v) is 6.63. The molecule has 37 heavy (non-hydrogen) atoms. The Kier molecular flexibility index (Phi) is 5.26. The van der Waals surface area contributed by atoms with Gasteiger partial charge in [0.05, 0.1) is 27.8 Å². The number of para-hydroxylation sites is 1. The molecule has 2 aromatic heterocycles. The van der Waals surface area contributed by atoms with Gasteiger partial charge in [0.25, 0.3) is 0 Å². The highest BCUT2D eigenvalue weighted by Gasteiger charge is 2.17. The molecule has 0 saturated heterocycles. The van der Waals surface area contributed by atoms with Crippen LogP contribution in [0.15, 0.2) is 91.3 Å². The van der Waals surface area contributed by atoms with E-state index >= 15 is 0 Å².